The Hall–Kier alpha value is 0.0106. The summed E-state index contributed by atoms with van der Waals surface area (Å²) in [4.78, 5) is 0. The highest BCUT2D eigenvalue weighted by Gasteiger charge is 2.44. The Kier molecular flexibility index (Phi) is 12.7. The molecule has 0 aromatic heterocycles. The average molecular weight is 677 g/mol. The SMILES string of the molecule is CC(C)(CCC[C@H]1CC[C@]2(CCC/C(=C\C=C3C[C@@H](O[Si](C)(C)C(C)(C)C)C[C@H](O[Si](C)(C)C(C)(C)C)C3)C2)C1)O[Si](C)(C)C. The zero-order valence-electron chi connectivity index (χ0n) is 32.8. The van der Waals surface area contributed by atoms with Crippen LogP contribution in [0, 0.1) is 11.3 Å². The average Bonchev–Trinajstić information content (AvgIpc) is 3.20. The van der Waals surface area contributed by atoms with Gasteiger partial charge in [0.15, 0.2) is 25.0 Å². The predicted octanol–water partition coefficient (Wildman–Crippen LogP) is 13.0. The molecule has 3 aliphatic rings. The lowest BCUT2D eigenvalue weighted by atomic mass is 9.70. The summed E-state index contributed by atoms with van der Waals surface area (Å²) in [6, 6.07) is 0. The van der Waals surface area contributed by atoms with Gasteiger partial charge in [-0.25, -0.2) is 0 Å². The van der Waals surface area contributed by atoms with Crippen molar-refractivity contribution < 1.29 is 13.3 Å². The molecule has 262 valence electrons. The highest BCUT2D eigenvalue weighted by molar-refractivity contribution is 6.74. The molecule has 0 saturated heterocycles. The first-order valence-corrected chi connectivity index (χ1v) is 28.0. The Bertz CT molecular complexity index is 999. The fourth-order valence-electron chi connectivity index (χ4n) is 8.01. The number of hydrogen-bond acceptors (Lipinski definition) is 3. The summed E-state index contributed by atoms with van der Waals surface area (Å²) in [5, 5.41) is 0.444. The molecule has 3 saturated carbocycles. The van der Waals surface area contributed by atoms with Crippen molar-refractivity contribution in [1.29, 1.82) is 0 Å². The smallest absolute Gasteiger partial charge is 0.192 e. The quantitative estimate of drug-likeness (QED) is 0.204. The maximum absolute atomic E-state index is 7.07. The van der Waals surface area contributed by atoms with Crippen LogP contribution in [0.5, 0.6) is 0 Å². The van der Waals surface area contributed by atoms with Crippen molar-refractivity contribution in [2.45, 2.75) is 213 Å². The van der Waals surface area contributed by atoms with Crippen molar-refractivity contribution in [3.05, 3.63) is 23.3 Å². The van der Waals surface area contributed by atoms with Crippen molar-refractivity contribution in [3.8, 4) is 0 Å². The molecule has 0 bridgehead atoms. The monoisotopic (exact) mass is 677 g/mol. The number of rotatable bonds is 11. The molecule has 45 heavy (non-hydrogen) atoms. The fraction of sp³-hybridized carbons (Fsp3) is 0.897. The maximum atomic E-state index is 7.07. The van der Waals surface area contributed by atoms with Crippen molar-refractivity contribution in [1.82, 2.24) is 0 Å². The van der Waals surface area contributed by atoms with Gasteiger partial charge in [0.25, 0.3) is 0 Å². The third-order valence-electron chi connectivity index (χ3n) is 12.2. The van der Waals surface area contributed by atoms with E-state index in [1.165, 1.54) is 64.2 Å². The zero-order valence-corrected chi connectivity index (χ0v) is 35.8. The van der Waals surface area contributed by atoms with Crippen LogP contribution in [0.2, 0.25) is 55.9 Å². The molecule has 1 spiro atoms. The van der Waals surface area contributed by atoms with E-state index in [1.54, 1.807) is 11.1 Å². The lowest BCUT2D eigenvalue weighted by Crippen LogP contribution is -2.48. The largest absolute Gasteiger partial charge is 0.414 e. The van der Waals surface area contributed by atoms with E-state index in [0.29, 0.717) is 5.41 Å². The second-order valence-corrected chi connectivity index (χ2v) is 34.2. The summed E-state index contributed by atoms with van der Waals surface area (Å²) < 4.78 is 20.6. The van der Waals surface area contributed by atoms with Crippen molar-refractivity contribution in [2.24, 2.45) is 11.3 Å². The van der Waals surface area contributed by atoms with Crippen LogP contribution in [-0.4, -0.2) is 42.8 Å². The van der Waals surface area contributed by atoms with Gasteiger partial charge in [-0.15, -0.1) is 0 Å². The van der Waals surface area contributed by atoms with Gasteiger partial charge in [-0.2, -0.15) is 0 Å². The van der Waals surface area contributed by atoms with E-state index in [4.69, 9.17) is 13.3 Å². The van der Waals surface area contributed by atoms with Gasteiger partial charge in [0.1, 0.15) is 0 Å². The van der Waals surface area contributed by atoms with E-state index >= 15 is 0 Å². The number of hydrogen-bond donors (Lipinski definition) is 0. The molecule has 3 fully saturated rings. The van der Waals surface area contributed by atoms with Crippen LogP contribution in [0.25, 0.3) is 0 Å². The van der Waals surface area contributed by atoms with E-state index in [2.05, 4.69) is 113 Å². The summed E-state index contributed by atoms with van der Waals surface area (Å²) in [6.45, 7) is 35.4. The highest BCUT2D eigenvalue weighted by atomic mass is 28.4. The van der Waals surface area contributed by atoms with Crippen LogP contribution in [0.4, 0.5) is 0 Å². The van der Waals surface area contributed by atoms with E-state index < -0.39 is 25.0 Å². The molecule has 6 heteroatoms. The predicted molar refractivity (Wildman–Crippen MR) is 205 cm³/mol. The molecule has 0 radical (unpaired) electrons. The standard InChI is InChI=1S/C39H76O3Si3/c1-36(2,3)44(12,13)40-34-26-33(27-35(28-34)41-45(14,15)37(4,5)6)21-20-31-19-17-24-39(29-31)25-22-32(30-39)18-16-23-38(7,8)42-43(9,10)11/h20-21,32,34-35H,16-19,22-30H2,1-15H3/b31-20+/t32-,34+,35+,39-/m0/s1. The maximum Gasteiger partial charge on any atom is 0.192 e. The minimum Gasteiger partial charge on any atom is -0.414 e. The van der Waals surface area contributed by atoms with Crippen LogP contribution in [0.3, 0.4) is 0 Å². The Morgan fingerprint density at radius 2 is 1.29 bits per heavy atom. The Labute approximate surface area is 284 Å². The van der Waals surface area contributed by atoms with Gasteiger partial charge in [0.05, 0.1) is 17.8 Å². The first-order chi connectivity index (χ1) is 20.3. The second-order valence-electron chi connectivity index (χ2n) is 20.3. The summed E-state index contributed by atoms with van der Waals surface area (Å²) >= 11 is 0. The molecule has 0 amide bonds. The van der Waals surface area contributed by atoms with Crippen molar-refractivity contribution in [2.75, 3.05) is 0 Å². The van der Waals surface area contributed by atoms with Gasteiger partial charge in [0.2, 0.25) is 0 Å². The van der Waals surface area contributed by atoms with Crippen LogP contribution in [0.15, 0.2) is 23.3 Å². The van der Waals surface area contributed by atoms with Crippen LogP contribution >= 0.6 is 0 Å². The Morgan fingerprint density at radius 1 is 0.756 bits per heavy atom. The topological polar surface area (TPSA) is 27.7 Å². The molecule has 0 heterocycles. The first-order valence-electron chi connectivity index (χ1n) is 18.7. The molecule has 3 rings (SSSR count). The van der Waals surface area contributed by atoms with Gasteiger partial charge in [0, 0.05) is 0 Å². The summed E-state index contributed by atoms with van der Waals surface area (Å²) in [7, 11) is -5.21. The van der Waals surface area contributed by atoms with E-state index in [0.717, 1.165) is 25.2 Å². The fourth-order valence-corrected chi connectivity index (χ4v) is 12.5. The molecular formula is C39H76O3Si3. The van der Waals surface area contributed by atoms with Gasteiger partial charge in [-0.05, 0) is 152 Å². The van der Waals surface area contributed by atoms with Gasteiger partial charge < -0.3 is 13.3 Å². The second kappa shape index (κ2) is 14.5. The molecule has 0 N–H and O–H groups in total. The van der Waals surface area contributed by atoms with E-state index in [1.807, 2.05) is 0 Å². The molecule has 3 nitrogen and oxygen atoms in total. The van der Waals surface area contributed by atoms with Gasteiger partial charge >= 0.3 is 0 Å². The van der Waals surface area contributed by atoms with Crippen LogP contribution in [-0.2, 0) is 13.3 Å². The lowest BCUT2D eigenvalue weighted by Gasteiger charge is -2.45. The minimum atomic E-state index is -1.85. The molecule has 0 unspecified atom stereocenters. The third-order valence-corrected chi connectivity index (χ3v) is 22.4. The summed E-state index contributed by atoms with van der Waals surface area (Å²) in [5.41, 5.74) is 3.84. The van der Waals surface area contributed by atoms with E-state index in [9.17, 15) is 0 Å². The molecule has 0 aromatic rings. The minimum absolute atomic E-state index is 0.0254. The first kappa shape index (κ1) is 39.4. The Morgan fingerprint density at radius 3 is 1.80 bits per heavy atom. The van der Waals surface area contributed by atoms with Gasteiger partial charge in [-0.3, -0.25) is 0 Å². The van der Waals surface area contributed by atoms with E-state index in [-0.39, 0.29) is 27.9 Å². The highest BCUT2D eigenvalue weighted by Crippen LogP contribution is 2.54. The lowest BCUT2D eigenvalue weighted by molar-refractivity contribution is 0.0725. The number of allylic oxidation sites excluding steroid dienone is 3. The normalized spacial score (nSPS) is 28.7. The van der Waals surface area contributed by atoms with Crippen molar-refractivity contribution >= 4 is 25.0 Å². The zero-order chi connectivity index (χ0) is 34.1. The molecule has 3 aliphatic carbocycles. The summed E-state index contributed by atoms with van der Waals surface area (Å²) in [6.07, 6.45) is 22.4. The molecule has 4 atom stereocenters. The summed E-state index contributed by atoms with van der Waals surface area (Å²) in [5.74, 6) is 0.908. The van der Waals surface area contributed by atoms with Crippen LogP contribution in [0.1, 0.15) is 139 Å². The molecule has 0 aromatic carbocycles. The molecular weight excluding hydrogens is 601 g/mol. The van der Waals surface area contributed by atoms with Crippen LogP contribution < -0.4 is 0 Å². The third kappa shape index (κ3) is 11.8. The van der Waals surface area contributed by atoms with Gasteiger partial charge in [-0.1, -0.05) is 77.7 Å². The van der Waals surface area contributed by atoms with Crippen molar-refractivity contribution in [3.63, 3.8) is 0 Å². The molecule has 0 aliphatic heterocycles. The Balaban J connectivity index is 1.67.